The van der Waals surface area contributed by atoms with Crippen LogP contribution in [0.4, 0.5) is 0 Å². The number of imidazole rings is 1. The van der Waals surface area contributed by atoms with E-state index in [-0.39, 0.29) is 0 Å². The average molecular weight is 266 g/mol. The van der Waals surface area contributed by atoms with Crippen molar-refractivity contribution in [3.05, 3.63) is 18.2 Å². The zero-order valence-electron chi connectivity index (χ0n) is 13.0. The maximum Gasteiger partial charge on any atom is 0.122 e. The van der Waals surface area contributed by atoms with Gasteiger partial charge in [0.1, 0.15) is 5.82 Å². The van der Waals surface area contributed by atoms with Gasteiger partial charge in [-0.15, -0.1) is 0 Å². The second-order valence-corrected chi connectivity index (χ2v) is 5.54. The topological polar surface area (TPSA) is 33.1 Å². The summed E-state index contributed by atoms with van der Waals surface area (Å²) in [6.45, 7) is 7.56. The molecule has 0 aliphatic carbocycles. The Morgan fingerprint density at radius 2 is 2.21 bits per heavy atom. The normalized spacial score (nSPS) is 13.1. The molecule has 1 atom stereocenters. The number of unbranched alkanes of at least 4 members (excludes halogenated alkanes) is 2. The summed E-state index contributed by atoms with van der Waals surface area (Å²) < 4.78 is 2.08. The largest absolute Gasteiger partial charge is 0.337 e. The molecule has 0 saturated heterocycles. The molecule has 0 aromatic carbocycles. The molecule has 0 amide bonds. The Hall–Kier alpha value is -0.870. The summed E-state index contributed by atoms with van der Waals surface area (Å²) in [5.41, 5.74) is 0. The van der Waals surface area contributed by atoms with E-state index in [2.05, 4.69) is 40.7 Å². The second kappa shape index (κ2) is 9.10. The van der Waals surface area contributed by atoms with Crippen molar-refractivity contribution in [1.29, 1.82) is 0 Å². The van der Waals surface area contributed by atoms with Gasteiger partial charge in [0.05, 0.1) is 6.54 Å². The molecule has 0 bridgehead atoms. The molecule has 0 aliphatic heterocycles. The standard InChI is InChI=1S/C15H30N4/c1-5-6-7-8-14(2)16-9-11-18(3)13-15-17-10-12-19(15)4/h10,12,14,16H,5-9,11,13H2,1-4H3. The maximum atomic E-state index is 4.35. The van der Waals surface area contributed by atoms with Gasteiger partial charge in [-0.2, -0.15) is 0 Å². The molecular formula is C15H30N4. The van der Waals surface area contributed by atoms with Crippen LogP contribution in [0.15, 0.2) is 12.4 Å². The van der Waals surface area contributed by atoms with E-state index in [9.17, 15) is 0 Å². The Morgan fingerprint density at radius 1 is 1.42 bits per heavy atom. The fourth-order valence-corrected chi connectivity index (χ4v) is 2.17. The molecule has 0 fully saturated rings. The van der Waals surface area contributed by atoms with Crippen molar-refractivity contribution in [2.45, 2.75) is 52.1 Å². The summed E-state index contributed by atoms with van der Waals surface area (Å²) in [6.07, 6.45) is 9.14. The van der Waals surface area contributed by atoms with E-state index in [1.54, 1.807) is 0 Å². The van der Waals surface area contributed by atoms with Crippen molar-refractivity contribution < 1.29 is 0 Å². The second-order valence-electron chi connectivity index (χ2n) is 5.54. The number of hydrogen-bond acceptors (Lipinski definition) is 3. The quantitative estimate of drug-likeness (QED) is 0.660. The Balaban J connectivity index is 2.10. The van der Waals surface area contributed by atoms with Crippen LogP contribution in [0.2, 0.25) is 0 Å². The molecule has 0 radical (unpaired) electrons. The molecule has 110 valence electrons. The van der Waals surface area contributed by atoms with E-state index in [0.717, 1.165) is 25.5 Å². The highest BCUT2D eigenvalue weighted by Crippen LogP contribution is 2.03. The average Bonchev–Trinajstić information content (AvgIpc) is 2.75. The van der Waals surface area contributed by atoms with E-state index in [0.29, 0.717) is 6.04 Å². The van der Waals surface area contributed by atoms with Crippen LogP contribution in [0.3, 0.4) is 0 Å². The van der Waals surface area contributed by atoms with Crippen LogP contribution in [0, 0.1) is 0 Å². The molecule has 0 saturated carbocycles. The molecule has 1 unspecified atom stereocenters. The van der Waals surface area contributed by atoms with Crippen LogP contribution in [-0.4, -0.2) is 40.6 Å². The van der Waals surface area contributed by atoms with Gasteiger partial charge < -0.3 is 9.88 Å². The predicted octanol–water partition coefficient (Wildman–Crippen LogP) is 2.41. The molecule has 1 aromatic heterocycles. The molecule has 1 rings (SSSR count). The van der Waals surface area contributed by atoms with Crippen molar-refractivity contribution in [3.8, 4) is 0 Å². The lowest BCUT2D eigenvalue weighted by Gasteiger charge is -2.19. The van der Waals surface area contributed by atoms with Gasteiger partial charge in [-0.1, -0.05) is 26.2 Å². The number of hydrogen-bond donors (Lipinski definition) is 1. The minimum absolute atomic E-state index is 0.633. The van der Waals surface area contributed by atoms with Crippen LogP contribution >= 0.6 is 0 Å². The first kappa shape index (κ1) is 16.2. The molecular weight excluding hydrogens is 236 g/mol. The lowest BCUT2D eigenvalue weighted by Crippen LogP contribution is -2.34. The number of nitrogens with zero attached hydrogens (tertiary/aromatic N) is 3. The fourth-order valence-electron chi connectivity index (χ4n) is 2.17. The monoisotopic (exact) mass is 266 g/mol. The van der Waals surface area contributed by atoms with Crippen LogP contribution < -0.4 is 5.32 Å². The highest BCUT2D eigenvalue weighted by Gasteiger charge is 2.05. The molecule has 1 N–H and O–H groups in total. The molecule has 4 heteroatoms. The molecule has 1 aromatic rings. The van der Waals surface area contributed by atoms with Crippen LogP contribution in [0.25, 0.3) is 0 Å². The van der Waals surface area contributed by atoms with Gasteiger partial charge in [0.2, 0.25) is 0 Å². The number of likely N-dealkylation sites (N-methyl/N-ethyl adjacent to an activating group) is 1. The molecule has 0 aliphatic rings. The number of rotatable bonds is 10. The van der Waals surface area contributed by atoms with Crippen molar-refractivity contribution in [1.82, 2.24) is 19.8 Å². The Bertz CT molecular complexity index is 335. The van der Waals surface area contributed by atoms with Gasteiger partial charge >= 0.3 is 0 Å². The summed E-state index contributed by atoms with van der Waals surface area (Å²) in [5.74, 6) is 1.12. The van der Waals surface area contributed by atoms with Crippen molar-refractivity contribution >= 4 is 0 Å². The number of nitrogens with one attached hydrogen (secondary N) is 1. The smallest absolute Gasteiger partial charge is 0.122 e. The first-order valence-electron chi connectivity index (χ1n) is 7.51. The predicted molar refractivity (Wildman–Crippen MR) is 81.1 cm³/mol. The van der Waals surface area contributed by atoms with Gasteiger partial charge in [-0.3, -0.25) is 4.90 Å². The van der Waals surface area contributed by atoms with Gasteiger partial charge in [-0.25, -0.2) is 4.98 Å². The third-order valence-electron chi connectivity index (χ3n) is 3.56. The van der Waals surface area contributed by atoms with Crippen molar-refractivity contribution in [3.63, 3.8) is 0 Å². The van der Waals surface area contributed by atoms with Gasteiger partial charge in [0, 0.05) is 38.6 Å². The van der Waals surface area contributed by atoms with Crippen LogP contribution in [0.5, 0.6) is 0 Å². The Kier molecular flexibility index (Phi) is 7.75. The summed E-state index contributed by atoms with van der Waals surface area (Å²) in [7, 11) is 4.20. The van der Waals surface area contributed by atoms with E-state index >= 15 is 0 Å². The van der Waals surface area contributed by atoms with Crippen LogP contribution in [0.1, 0.15) is 45.4 Å². The first-order valence-corrected chi connectivity index (χ1v) is 7.51. The lowest BCUT2D eigenvalue weighted by atomic mass is 10.1. The molecule has 0 spiro atoms. The zero-order valence-corrected chi connectivity index (χ0v) is 13.0. The Labute approximate surface area is 118 Å². The maximum absolute atomic E-state index is 4.35. The van der Waals surface area contributed by atoms with E-state index in [1.807, 2.05) is 19.4 Å². The minimum Gasteiger partial charge on any atom is -0.337 e. The highest BCUT2D eigenvalue weighted by molar-refractivity contribution is 4.90. The summed E-state index contributed by atoms with van der Waals surface area (Å²) in [4.78, 5) is 6.66. The summed E-state index contributed by atoms with van der Waals surface area (Å²) in [5, 5.41) is 3.60. The van der Waals surface area contributed by atoms with E-state index in [1.165, 1.54) is 25.7 Å². The fraction of sp³-hybridized carbons (Fsp3) is 0.800. The van der Waals surface area contributed by atoms with Crippen molar-refractivity contribution in [2.24, 2.45) is 7.05 Å². The molecule has 1 heterocycles. The molecule has 19 heavy (non-hydrogen) atoms. The highest BCUT2D eigenvalue weighted by atomic mass is 15.2. The Morgan fingerprint density at radius 3 is 2.84 bits per heavy atom. The number of aromatic nitrogens is 2. The third-order valence-corrected chi connectivity index (χ3v) is 3.56. The SMILES string of the molecule is CCCCCC(C)NCCN(C)Cc1nccn1C. The summed E-state index contributed by atoms with van der Waals surface area (Å²) >= 11 is 0. The van der Waals surface area contributed by atoms with E-state index in [4.69, 9.17) is 0 Å². The lowest BCUT2D eigenvalue weighted by molar-refractivity contribution is 0.305. The van der Waals surface area contributed by atoms with Gasteiger partial charge in [0.15, 0.2) is 0 Å². The van der Waals surface area contributed by atoms with Gasteiger partial charge in [-0.05, 0) is 20.4 Å². The first-order chi connectivity index (χ1) is 9.13. The molecule has 4 nitrogen and oxygen atoms in total. The zero-order chi connectivity index (χ0) is 14.1. The summed E-state index contributed by atoms with van der Waals surface area (Å²) in [6, 6.07) is 0.633. The van der Waals surface area contributed by atoms with Crippen LogP contribution in [-0.2, 0) is 13.6 Å². The minimum atomic E-state index is 0.633. The van der Waals surface area contributed by atoms with Gasteiger partial charge in [0.25, 0.3) is 0 Å². The van der Waals surface area contributed by atoms with E-state index < -0.39 is 0 Å². The third kappa shape index (κ3) is 6.73. The van der Waals surface area contributed by atoms with Crippen molar-refractivity contribution in [2.75, 3.05) is 20.1 Å². The number of aryl methyl sites for hydroxylation is 1.